The van der Waals surface area contributed by atoms with Gasteiger partial charge in [0.05, 0.1) is 25.2 Å². The molecule has 1 heterocycles. The monoisotopic (exact) mass is 407 g/mol. The number of hydrogen-bond acceptors (Lipinski definition) is 10. The Hall–Kier alpha value is -1.63. The van der Waals surface area contributed by atoms with Gasteiger partial charge in [0, 0.05) is 12.8 Å². The standard InChI is InChI=1S/C17H29NO10/c18-13-10(21)8-17(16(25)26,28-15(13)14(24)11(22)9-20)27-12(23)6-4-2-1-3-5-7-19/h7,10-11,13-15,20-22,24H,1-6,8-9,18H2,(H,25,26)/t10-,11+,13+,14+,15+,17-/m0/s1. The minimum atomic E-state index is -2.58. The van der Waals surface area contributed by atoms with Gasteiger partial charge in [0.15, 0.2) is 0 Å². The quantitative estimate of drug-likeness (QED) is 0.119. The van der Waals surface area contributed by atoms with Crippen molar-refractivity contribution in [3.63, 3.8) is 0 Å². The smallest absolute Gasteiger partial charge is 0.377 e. The van der Waals surface area contributed by atoms with Crippen LogP contribution in [0.2, 0.25) is 0 Å². The predicted molar refractivity (Wildman–Crippen MR) is 92.8 cm³/mol. The molecule has 0 radical (unpaired) electrons. The van der Waals surface area contributed by atoms with Gasteiger partial charge in [-0.3, -0.25) is 4.79 Å². The third-order valence-electron chi connectivity index (χ3n) is 4.60. The zero-order valence-corrected chi connectivity index (χ0v) is 15.5. The Morgan fingerprint density at radius 1 is 1.25 bits per heavy atom. The molecule has 1 saturated heterocycles. The van der Waals surface area contributed by atoms with Crippen LogP contribution in [0.1, 0.15) is 44.9 Å². The molecule has 0 spiro atoms. The van der Waals surface area contributed by atoms with Crippen molar-refractivity contribution in [1.29, 1.82) is 0 Å². The van der Waals surface area contributed by atoms with E-state index in [9.17, 15) is 34.8 Å². The minimum absolute atomic E-state index is 0.103. The van der Waals surface area contributed by atoms with Crippen LogP contribution in [-0.2, 0) is 23.9 Å². The first-order valence-electron chi connectivity index (χ1n) is 9.15. The largest absolute Gasteiger partial charge is 0.476 e. The lowest BCUT2D eigenvalue weighted by molar-refractivity contribution is -0.299. The summed E-state index contributed by atoms with van der Waals surface area (Å²) in [6.45, 7) is -0.853. The van der Waals surface area contributed by atoms with Gasteiger partial charge in [-0.25, -0.2) is 4.79 Å². The van der Waals surface area contributed by atoms with E-state index in [1.165, 1.54) is 0 Å². The summed E-state index contributed by atoms with van der Waals surface area (Å²) in [4.78, 5) is 34.0. The Morgan fingerprint density at radius 2 is 1.89 bits per heavy atom. The van der Waals surface area contributed by atoms with E-state index >= 15 is 0 Å². The molecule has 6 atom stereocenters. The Bertz CT molecular complexity index is 530. The molecule has 1 rings (SSSR count). The first-order valence-corrected chi connectivity index (χ1v) is 9.15. The fourth-order valence-corrected chi connectivity index (χ4v) is 2.93. The number of rotatable bonds is 12. The van der Waals surface area contributed by atoms with Crippen LogP contribution in [0.15, 0.2) is 0 Å². The Morgan fingerprint density at radius 3 is 2.46 bits per heavy atom. The molecular formula is C17H29NO10. The van der Waals surface area contributed by atoms with Crippen LogP contribution in [0.4, 0.5) is 0 Å². The van der Waals surface area contributed by atoms with E-state index in [2.05, 4.69) is 0 Å². The molecule has 0 saturated carbocycles. The number of nitrogens with two attached hydrogens (primary N) is 1. The van der Waals surface area contributed by atoms with Gasteiger partial charge < -0.3 is 45.5 Å². The highest BCUT2D eigenvalue weighted by Gasteiger charge is 2.56. The number of carbonyl (C=O) groups excluding carboxylic acids is 2. The molecule has 162 valence electrons. The molecule has 1 aliphatic rings. The van der Waals surface area contributed by atoms with Crippen molar-refractivity contribution in [1.82, 2.24) is 0 Å². The first-order chi connectivity index (χ1) is 13.2. The van der Waals surface area contributed by atoms with Gasteiger partial charge in [0.1, 0.15) is 24.6 Å². The van der Waals surface area contributed by atoms with Crippen molar-refractivity contribution < 1.29 is 49.4 Å². The Kier molecular flexibility index (Phi) is 9.93. The lowest BCUT2D eigenvalue weighted by atomic mass is 9.89. The molecule has 11 heteroatoms. The second-order valence-electron chi connectivity index (χ2n) is 6.82. The van der Waals surface area contributed by atoms with Crippen molar-refractivity contribution in [3.8, 4) is 0 Å². The van der Waals surface area contributed by atoms with E-state index in [0.29, 0.717) is 25.7 Å². The van der Waals surface area contributed by atoms with Gasteiger partial charge in [-0.05, 0) is 12.8 Å². The van der Waals surface area contributed by atoms with E-state index in [1.807, 2.05) is 0 Å². The molecule has 1 aliphatic heterocycles. The van der Waals surface area contributed by atoms with Crippen molar-refractivity contribution in [2.24, 2.45) is 5.73 Å². The third-order valence-corrected chi connectivity index (χ3v) is 4.60. The van der Waals surface area contributed by atoms with E-state index in [4.69, 9.17) is 20.3 Å². The summed E-state index contributed by atoms with van der Waals surface area (Å²) in [5.74, 6) is -5.16. The summed E-state index contributed by atoms with van der Waals surface area (Å²) in [5.41, 5.74) is 5.72. The van der Waals surface area contributed by atoms with E-state index in [1.54, 1.807) is 0 Å². The molecule has 0 amide bonds. The van der Waals surface area contributed by atoms with Crippen molar-refractivity contribution in [2.45, 2.75) is 81.2 Å². The molecule has 0 aromatic heterocycles. The van der Waals surface area contributed by atoms with Crippen LogP contribution in [0, 0.1) is 0 Å². The Balaban J connectivity index is 2.78. The number of aliphatic carboxylic acids is 1. The highest BCUT2D eigenvalue weighted by atomic mass is 16.7. The van der Waals surface area contributed by atoms with E-state index in [-0.39, 0.29) is 6.42 Å². The number of carboxylic acid groups (broad SMARTS) is 1. The van der Waals surface area contributed by atoms with Crippen LogP contribution in [-0.4, -0.2) is 86.6 Å². The number of hydrogen-bond donors (Lipinski definition) is 6. The van der Waals surface area contributed by atoms with Gasteiger partial charge in [-0.15, -0.1) is 0 Å². The number of ether oxygens (including phenoxy) is 2. The van der Waals surface area contributed by atoms with Gasteiger partial charge in [-0.1, -0.05) is 12.8 Å². The summed E-state index contributed by atoms with van der Waals surface area (Å²) >= 11 is 0. The molecule has 0 aromatic carbocycles. The summed E-state index contributed by atoms with van der Waals surface area (Å²) in [6, 6.07) is -1.28. The topological polar surface area (TPSA) is 197 Å². The number of carbonyl (C=O) groups is 3. The van der Waals surface area contributed by atoms with Gasteiger partial charge in [-0.2, -0.15) is 0 Å². The molecule has 11 nitrogen and oxygen atoms in total. The highest BCUT2D eigenvalue weighted by Crippen LogP contribution is 2.33. The molecule has 28 heavy (non-hydrogen) atoms. The second-order valence-corrected chi connectivity index (χ2v) is 6.82. The normalized spacial score (nSPS) is 29.7. The summed E-state index contributed by atoms with van der Waals surface area (Å²) in [7, 11) is 0. The zero-order chi connectivity index (χ0) is 21.3. The SMILES string of the molecule is N[C@H]1[C@H]([C@H](O)[C@H](O)CO)O[C@](OC(=O)CCCCCCC=O)(C(=O)O)C[C@@H]1O. The molecule has 0 aliphatic carbocycles. The molecule has 0 unspecified atom stereocenters. The third kappa shape index (κ3) is 6.47. The maximum absolute atomic E-state index is 12.1. The average molecular weight is 407 g/mol. The van der Waals surface area contributed by atoms with Crippen molar-refractivity contribution in [2.75, 3.05) is 6.61 Å². The molecule has 7 N–H and O–H groups in total. The number of carboxylic acids is 1. The fourth-order valence-electron chi connectivity index (χ4n) is 2.93. The average Bonchev–Trinajstić information content (AvgIpc) is 2.65. The Labute approximate surface area is 162 Å². The second kappa shape index (κ2) is 11.4. The summed E-state index contributed by atoms with van der Waals surface area (Å²) in [5, 5.41) is 48.2. The lowest BCUT2D eigenvalue weighted by Crippen LogP contribution is -2.66. The summed E-state index contributed by atoms with van der Waals surface area (Å²) < 4.78 is 10.2. The van der Waals surface area contributed by atoms with Crippen molar-refractivity contribution in [3.05, 3.63) is 0 Å². The number of esters is 1. The fraction of sp³-hybridized carbons (Fsp3) is 0.824. The molecule has 0 aromatic rings. The van der Waals surface area contributed by atoms with Gasteiger partial charge >= 0.3 is 17.7 Å². The van der Waals surface area contributed by atoms with Crippen LogP contribution in [0.5, 0.6) is 0 Å². The maximum Gasteiger partial charge on any atom is 0.377 e. The van der Waals surface area contributed by atoms with Gasteiger partial charge in [0.2, 0.25) is 0 Å². The predicted octanol–water partition coefficient (Wildman–Crippen LogP) is -1.96. The van der Waals surface area contributed by atoms with Crippen LogP contribution < -0.4 is 5.73 Å². The van der Waals surface area contributed by atoms with Crippen LogP contribution in [0.3, 0.4) is 0 Å². The number of aliphatic hydroxyl groups excluding tert-OH is 4. The van der Waals surface area contributed by atoms with E-state index < -0.39 is 61.2 Å². The maximum atomic E-state index is 12.1. The van der Waals surface area contributed by atoms with Crippen LogP contribution in [0.25, 0.3) is 0 Å². The number of aliphatic hydroxyl groups is 4. The minimum Gasteiger partial charge on any atom is -0.476 e. The van der Waals surface area contributed by atoms with E-state index in [0.717, 1.165) is 12.7 Å². The molecule has 0 bridgehead atoms. The van der Waals surface area contributed by atoms with Crippen LogP contribution >= 0.6 is 0 Å². The molecular weight excluding hydrogens is 378 g/mol. The zero-order valence-electron chi connectivity index (χ0n) is 15.5. The highest BCUT2D eigenvalue weighted by molar-refractivity contribution is 5.80. The number of unbranched alkanes of at least 4 members (excludes halogenated alkanes) is 4. The first kappa shape index (κ1) is 24.4. The lowest BCUT2D eigenvalue weighted by Gasteiger charge is -2.44. The summed E-state index contributed by atoms with van der Waals surface area (Å²) in [6.07, 6.45) is -3.68. The molecule has 1 fully saturated rings. The number of aldehydes is 1. The van der Waals surface area contributed by atoms with Crippen molar-refractivity contribution >= 4 is 18.2 Å². The van der Waals surface area contributed by atoms with Gasteiger partial charge in [0.25, 0.3) is 0 Å².